The molecule has 0 spiro atoms. The summed E-state index contributed by atoms with van der Waals surface area (Å²) < 4.78 is 2.71. The van der Waals surface area contributed by atoms with Crippen molar-refractivity contribution in [2.24, 2.45) is 0 Å². The predicted octanol–water partition coefficient (Wildman–Crippen LogP) is 3.19. The van der Waals surface area contributed by atoms with Gasteiger partial charge in [0.15, 0.2) is 5.82 Å². The quantitative estimate of drug-likeness (QED) is 0.706. The van der Waals surface area contributed by atoms with Crippen LogP contribution in [0.3, 0.4) is 0 Å². The lowest BCUT2D eigenvalue weighted by Gasteiger charge is -2.10. The number of nitrogens with one attached hydrogen (secondary N) is 1. The molecule has 0 radical (unpaired) electrons. The van der Waals surface area contributed by atoms with Gasteiger partial charge < -0.3 is 9.88 Å². The van der Waals surface area contributed by atoms with Crippen LogP contribution in [-0.4, -0.2) is 32.0 Å². The van der Waals surface area contributed by atoms with Crippen LogP contribution in [0.1, 0.15) is 10.4 Å². The predicted molar refractivity (Wildman–Crippen MR) is 94.7 cm³/mol. The van der Waals surface area contributed by atoms with Gasteiger partial charge in [-0.3, -0.25) is 9.78 Å². The Morgan fingerprint density at radius 3 is 2.92 bits per heavy atom. The summed E-state index contributed by atoms with van der Waals surface area (Å²) in [7, 11) is 0. The van der Waals surface area contributed by atoms with Gasteiger partial charge in [0.2, 0.25) is 0 Å². The molecule has 2 heterocycles. The number of imidazole rings is 1. The first-order valence-electron chi connectivity index (χ1n) is 7.16. The number of hydrogen-bond donors (Lipinski definition) is 1. The second kappa shape index (κ2) is 7.55. The van der Waals surface area contributed by atoms with Gasteiger partial charge in [-0.05, 0) is 18.2 Å². The van der Waals surface area contributed by atoms with Crippen LogP contribution in [0.5, 0.6) is 0 Å². The average Bonchev–Trinajstić information content (AvgIpc) is 3.06. The van der Waals surface area contributed by atoms with Gasteiger partial charge in [-0.15, -0.1) is 0 Å². The van der Waals surface area contributed by atoms with E-state index in [1.165, 1.54) is 0 Å². The van der Waals surface area contributed by atoms with Crippen molar-refractivity contribution >= 4 is 33.4 Å². The minimum absolute atomic E-state index is 0.220. The lowest BCUT2D eigenvalue weighted by Crippen LogP contribution is -2.27. The SMILES string of the molecule is O=C(NCCn1ccnc1-c1cnccn1)c1cc(Br)ccc1Cl. The van der Waals surface area contributed by atoms with Gasteiger partial charge in [0, 0.05) is 42.3 Å². The Kier molecular flexibility index (Phi) is 5.22. The summed E-state index contributed by atoms with van der Waals surface area (Å²) in [6.07, 6.45) is 8.40. The van der Waals surface area contributed by atoms with Crippen molar-refractivity contribution in [1.82, 2.24) is 24.8 Å². The van der Waals surface area contributed by atoms with E-state index in [9.17, 15) is 4.79 Å². The zero-order valence-corrected chi connectivity index (χ0v) is 14.8. The molecule has 24 heavy (non-hydrogen) atoms. The molecule has 1 aromatic carbocycles. The van der Waals surface area contributed by atoms with Crippen LogP contribution in [0.2, 0.25) is 5.02 Å². The largest absolute Gasteiger partial charge is 0.350 e. The maximum Gasteiger partial charge on any atom is 0.252 e. The molecule has 0 aliphatic carbocycles. The second-order valence-corrected chi connectivity index (χ2v) is 6.24. The van der Waals surface area contributed by atoms with Gasteiger partial charge in [0.05, 0.1) is 16.8 Å². The maximum atomic E-state index is 12.2. The monoisotopic (exact) mass is 405 g/mol. The molecule has 3 aromatic rings. The first-order valence-corrected chi connectivity index (χ1v) is 8.33. The Bertz CT molecular complexity index is 853. The van der Waals surface area contributed by atoms with Crippen molar-refractivity contribution in [3.8, 4) is 11.5 Å². The number of amides is 1. The number of rotatable bonds is 5. The molecule has 2 aromatic heterocycles. The van der Waals surface area contributed by atoms with Crippen molar-refractivity contribution in [1.29, 1.82) is 0 Å². The van der Waals surface area contributed by atoms with Gasteiger partial charge >= 0.3 is 0 Å². The maximum absolute atomic E-state index is 12.2. The summed E-state index contributed by atoms with van der Waals surface area (Å²) in [5, 5.41) is 3.27. The smallest absolute Gasteiger partial charge is 0.252 e. The summed E-state index contributed by atoms with van der Waals surface area (Å²) >= 11 is 9.40. The van der Waals surface area contributed by atoms with Crippen LogP contribution in [0.25, 0.3) is 11.5 Å². The molecule has 0 aliphatic heterocycles. The van der Waals surface area contributed by atoms with Crippen molar-refractivity contribution in [3.63, 3.8) is 0 Å². The van der Waals surface area contributed by atoms with Crippen molar-refractivity contribution in [2.45, 2.75) is 6.54 Å². The van der Waals surface area contributed by atoms with Gasteiger partial charge in [0.1, 0.15) is 5.69 Å². The lowest BCUT2D eigenvalue weighted by atomic mass is 10.2. The fraction of sp³-hybridized carbons (Fsp3) is 0.125. The lowest BCUT2D eigenvalue weighted by molar-refractivity contribution is 0.0952. The van der Waals surface area contributed by atoms with Gasteiger partial charge in [-0.1, -0.05) is 27.5 Å². The molecule has 0 bridgehead atoms. The third-order valence-electron chi connectivity index (χ3n) is 3.32. The Balaban J connectivity index is 1.64. The van der Waals surface area contributed by atoms with Crippen LogP contribution >= 0.6 is 27.5 Å². The van der Waals surface area contributed by atoms with Crippen molar-refractivity contribution < 1.29 is 4.79 Å². The summed E-state index contributed by atoms with van der Waals surface area (Å²) in [5.74, 6) is 0.486. The third-order valence-corrected chi connectivity index (χ3v) is 4.14. The molecular formula is C16H13BrClN5O. The number of hydrogen-bond acceptors (Lipinski definition) is 4. The summed E-state index contributed by atoms with van der Waals surface area (Å²) in [6, 6.07) is 5.17. The summed E-state index contributed by atoms with van der Waals surface area (Å²) in [4.78, 5) is 24.8. The topological polar surface area (TPSA) is 72.7 Å². The Hall–Kier alpha value is -2.25. The molecule has 8 heteroatoms. The molecule has 1 amide bonds. The second-order valence-electron chi connectivity index (χ2n) is 4.91. The van der Waals surface area contributed by atoms with Gasteiger partial charge in [-0.25, -0.2) is 9.97 Å². The molecule has 0 aliphatic rings. The van der Waals surface area contributed by atoms with E-state index in [0.29, 0.717) is 35.2 Å². The summed E-state index contributed by atoms with van der Waals surface area (Å²) in [6.45, 7) is 0.995. The highest BCUT2D eigenvalue weighted by Crippen LogP contribution is 2.20. The van der Waals surface area contributed by atoms with E-state index in [4.69, 9.17) is 11.6 Å². The van der Waals surface area contributed by atoms with Crippen LogP contribution in [-0.2, 0) is 6.54 Å². The van der Waals surface area contributed by atoms with Crippen LogP contribution < -0.4 is 5.32 Å². The zero-order valence-electron chi connectivity index (χ0n) is 12.5. The number of aromatic nitrogens is 4. The number of nitrogens with zero attached hydrogens (tertiary/aromatic N) is 4. The van der Waals surface area contributed by atoms with Crippen molar-refractivity contribution in [2.75, 3.05) is 6.54 Å². The van der Waals surface area contributed by atoms with E-state index >= 15 is 0 Å². The molecule has 0 fully saturated rings. The highest BCUT2D eigenvalue weighted by atomic mass is 79.9. The van der Waals surface area contributed by atoms with Gasteiger partial charge in [-0.2, -0.15) is 0 Å². The highest BCUT2D eigenvalue weighted by Gasteiger charge is 2.11. The van der Waals surface area contributed by atoms with Gasteiger partial charge in [0.25, 0.3) is 5.91 Å². The normalized spacial score (nSPS) is 10.6. The molecule has 0 saturated carbocycles. The van der Waals surface area contributed by atoms with E-state index in [1.807, 2.05) is 10.8 Å². The first kappa shape index (κ1) is 16.6. The number of carbonyl (C=O) groups is 1. The standard InChI is InChI=1S/C16H13BrClN5O/c17-11-1-2-13(18)12(9-11)16(24)22-6-8-23-7-5-21-15(23)14-10-19-3-4-20-14/h1-5,7,9-10H,6,8H2,(H,22,24). The van der Waals surface area contributed by atoms with Crippen LogP contribution in [0, 0.1) is 0 Å². The fourth-order valence-electron chi connectivity index (χ4n) is 2.19. The Morgan fingerprint density at radius 1 is 1.25 bits per heavy atom. The minimum Gasteiger partial charge on any atom is -0.350 e. The minimum atomic E-state index is -0.220. The molecule has 1 N–H and O–H groups in total. The van der Waals surface area contributed by atoms with E-state index in [2.05, 4.69) is 36.2 Å². The molecule has 3 rings (SSSR count). The summed E-state index contributed by atoms with van der Waals surface area (Å²) in [5.41, 5.74) is 1.12. The molecule has 0 unspecified atom stereocenters. The van der Waals surface area contributed by atoms with E-state index in [1.54, 1.807) is 43.0 Å². The zero-order chi connectivity index (χ0) is 16.9. The first-order chi connectivity index (χ1) is 11.6. The molecular weight excluding hydrogens is 394 g/mol. The molecule has 0 saturated heterocycles. The van der Waals surface area contributed by atoms with Crippen LogP contribution in [0.4, 0.5) is 0 Å². The van der Waals surface area contributed by atoms with Crippen LogP contribution in [0.15, 0.2) is 53.7 Å². The highest BCUT2D eigenvalue weighted by molar-refractivity contribution is 9.10. The fourth-order valence-corrected chi connectivity index (χ4v) is 2.76. The Morgan fingerprint density at radius 2 is 2.12 bits per heavy atom. The van der Waals surface area contributed by atoms with Crippen molar-refractivity contribution in [3.05, 3.63) is 64.2 Å². The van der Waals surface area contributed by atoms with E-state index in [-0.39, 0.29) is 5.91 Å². The van der Waals surface area contributed by atoms with E-state index in [0.717, 1.165) is 4.47 Å². The Labute approximate surface area is 152 Å². The molecule has 122 valence electrons. The van der Waals surface area contributed by atoms with E-state index < -0.39 is 0 Å². The molecule has 0 atom stereocenters. The molecule has 6 nitrogen and oxygen atoms in total. The number of halogens is 2. The third kappa shape index (κ3) is 3.80. The number of carbonyl (C=O) groups excluding carboxylic acids is 1. The average molecular weight is 407 g/mol. The number of benzene rings is 1.